The number of hydrogen-bond donors (Lipinski definition) is 1. The second-order valence-corrected chi connectivity index (χ2v) is 8.89. The molecule has 10 heteroatoms. The quantitative estimate of drug-likeness (QED) is 0.180. The predicted molar refractivity (Wildman–Crippen MR) is 129 cm³/mol. The highest BCUT2D eigenvalue weighted by molar-refractivity contribution is 7.08. The van der Waals surface area contributed by atoms with E-state index < -0.39 is 17.7 Å². The van der Waals surface area contributed by atoms with E-state index in [0.717, 1.165) is 18.2 Å². The molecule has 0 saturated carbocycles. The standard InChI is InChI=1S/C26H17ClF5NO2S/c27-23-15-36-14-22(23)24(34)17-7-9-20(10-8-17)35-21-6-2-5-19(12-21)33-13-16-3-1-4-18(11-16)25(28,29)26(30,31)32/h1-12,14-15,33H,13H2. The van der Waals surface area contributed by atoms with Crippen molar-refractivity contribution in [2.45, 2.75) is 18.6 Å². The lowest BCUT2D eigenvalue weighted by atomic mass is 10.0. The maximum Gasteiger partial charge on any atom is 0.458 e. The summed E-state index contributed by atoms with van der Waals surface area (Å²) in [5.74, 6) is -4.21. The second-order valence-electron chi connectivity index (χ2n) is 7.74. The molecular weight excluding hydrogens is 521 g/mol. The highest BCUT2D eigenvalue weighted by Gasteiger charge is 2.58. The molecule has 3 aromatic carbocycles. The van der Waals surface area contributed by atoms with E-state index in [-0.39, 0.29) is 17.9 Å². The fraction of sp³-hybridized carbons (Fsp3) is 0.115. The summed E-state index contributed by atoms with van der Waals surface area (Å²) in [6.07, 6.45) is -5.67. The van der Waals surface area contributed by atoms with Crippen LogP contribution in [0.4, 0.5) is 27.6 Å². The fourth-order valence-electron chi connectivity index (χ4n) is 3.32. The fourth-order valence-corrected chi connectivity index (χ4v) is 4.37. The van der Waals surface area contributed by atoms with Crippen molar-refractivity contribution in [2.24, 2.45) is 0 Å². The molecule has 1 N–H and O–H groups in total. The Balaban J connectivity index is 1.41. The van der Waals surface area contributed by atoms with Gasteiger partial charge < -0.3 is 10.1 Å². The lowest BCUT2D eigenvalue weighted by molar-refractivity contribution is -0.289. The zero-order chi connectivity index (χ0) is 25.9. The van der Waals surface area contributed by atoms with Crippen molar-refractivity contribution in [1.29, 1.82) is 0 Å². The smallest absolute Gasteiger partial charge is 0.457 e. The Hall–Kier alpha value is -3.43. The van der Waals surface area contributed by atoms with Crippen LogP contribution >= 0.6 is 22.9 Å². The van der Waals surface area contributed by atoms with Gasteiger partial charge in [0.15, 0.2) is 5.78 Å². The third-order valence-electron chi connectivity index (χ3n) is 5.19. The van der Waals surface area contributed by atoms with Crippen molar-refractivity contribution in [3.8, 4) is 11.5 Å². The monoisotopic (exact) mass is 537 g/mol. The molecular formula is C26H17ClF5NO2S. The Labute approximate surface area is 212 Å². The first kappa shape index (κ1) is 25.7. The van der Waals surface area contributed by atoms with Crippen LogP contribution in [-0.4, -0.2) is 12.0 Å². The number of ether oxygens (including phenoxy) is 1. The van der Waals surface area contributed by atoms with E-state index in [9.17, 15) is 26.7 Å². The molecule has 0 aliphatic carbocycles. The van der Waals surface area contributed by atoms with Gasteiger partial charge in [-0.3, -0.25) is 4.79 Å². The summed E-state index contributed by atoms with van der Waals surface area (Å²) in [6, 6.07) is 17.5. The number of nitrogens with one attached hydrogen (secondary N) is 1. The number of hydrogen-bond acceptors (Lipinski definition) is 4. The number of alkyl halides is 5. The second kappa shape index (κ2) is 10.3. The molecule has 4 rings (SSSR count). The van der Waals surface area contributed by atoms with Crippen LogP contribution in [0.2, 0.25) is 5.02 Å². The van der Waals surface area contributed by atoms with E-state index in [4.69, 9.17) is 16.3 Å². The number of thiophene rings is 1. The van der Waals surface area contributed by atoms with Crippen molar-refractivity contribution in [3.63, 3.8) is 0 Å². The van der Waals surface area contributed by atoms with Crippen molar-refractivity contribution < 1.29 is 31.5 Å². The van der Waals surface area contributed by atoms with Crippen molar-refractivity contribution in [1.82, 2.24) is 0 Å². The Morgan fingerprint density at radius 1 is 0.889 bits per heavy atom. The molecule has 0 bridgehead atoms. The molecule has 0 fully saturated rings. The summed E-state index contributed by atoms with van der Waals surface area (Å²) < 4.78 is 71.1. The van der Waals surface area contributed by atoms with E-state index in [1.165, 1.54) is 17.4 Å². The zero-order valence-electron chi connectivity index (χ0n) is 18.3. The van der Waals surface area contributed by atoms with E-state index in [1.54, 1.807) is 59.3 Å². The van der Waals surface area contributed by atoms with Gasteiger partial charge in [0.25, 0.3) is 0 Å². The van der Waals surface area contributed by atoms with E-state index in [1.807, 2.05) is 0 Å². The lowest BCUT2D eigenvalue weighted by Crippen LogP contribution is -2.33. The van der Waals surface area contributed by atoms with Gasteiger partial charge in [-0.05, 0) is 48.0 Å². The summed E-state index contributed by atoms with van der Waals surface area (Å²) in [5.41, 5.74) is 0.598. The first-order chi connectivity index (χ1) is 17.0. The average Bonchev–Trinajstić information content (AvgIpc) is 3.28. The first-order valence-electron chi connectivity index (χ1n) is 10.5. The lowest BCUT2D eigenvalue weighted by Gasteiger charge is -2.20. The van der Waals surface area contributed by atoms with Gasteiger partial charge in [0, 0.05) is 40.2 Å². The van der Waals surface area contributed by atoms with Crippen LogP contribution in [0.5, 0.6) is 11.5 Å². The van der Waals surface area contributed by atoms with Crippen LogP contribution < -0.4 is 10.1 Å². The van der Waals surface area contributed by atoms with Gasteiger partial charge in [0.2, 0.25) is 0 Å². The molecule has 36 heavy (non-hydrogen) atoms. The average molecular weight is 538 g/mol. The van der Waals surface area contributed by atoms with Crippen LogP contribution in [0, 0.1) is 0 Å². The van der Waals surface area contributed by atoms with Gasteiger partial charge in [-0.15, -0.1) is 0 Å². The van der Waals surface area contributed by atoms with Crippen LogP contribution in [0.3, 0.4) is 0 Å². The molecule has 0 saturated heterocycles. The number of benzene rings is 3. The van der Waals surface area contributed by atoms with Crippen LogP contribution in [0.1, 0.15) is 27.0 Å². The molecule has 0 aliphatic heterocycles. The van der Waals surface area contributed by atoms with Gasteiger partial charge in [-0.1, -0.05) is 35.9 Å². The zero-order valence-corrected chi connectivity index (χ0v) is 19.9. The minimum Gasteiger partial charge on any atom is -0.457 e. The SMILES string of the molecule is O=C(c1ccc(Oc2cccc(NCc3cccc(C(F)(F)C(F)(F)F)c3)c2)cc1)c1cscc1Cl. The number of carbonyl (C=O) groups excluding carboxylic acids is 1. The highest BCUT2D eigenvalue weighted by atomic mass is 35.5. The molecule has 0 radical (unpaired) electrons. The predicted octanol–water partition coefficient (Wildman–Crippen LogP) is 8.69. The van der Waals surface area contributed by atoms with Gasteiger partial charge in [0.05, 0.1) is 10.6 Å². The Bertz CT molecular complexity index is 1370. The summed E-state index contributed by atoms with van der Waals surface area (Å²) >= 11 is 7.37. The molecule has 1 aromatic heterocycles. The maximum atomic E-state index is 13.6. The molecule has 1 heterocycles. The Kier molecular flexibility index (Phi) is 7.33. The molecule has 0 unspecified atom stereocenters. The highest BCUT2D eigenvalue weighted by Crippen LogP contribution is 2.44. The van der Waals surface area contributed by atoms with Crippen molar-refractivity contribution in [3.05, 3.63) is 111 Å². The van der Waals surface area contributed by atoms with Crippen LogP contribution in [0.25, 0.3) is 0 Å². The first-order valence-corrected chi connectivity index (χ1v) is 11.8. The largest absolute Gasteiger partial charge is 0.458 e. The molecule has 0 spiro atoms. The molecule has 0 amide bonds. The van der Waals surface area contributed by atoms with E-state index in [0.29, 0.717) is 33.3 Å². The third kappa shape index (κ3) is 5.68. The molecule has 3 nitrogen and oxygen atoms in total. The van der Waals surface area contributed by atoms with Gasteiger partial charge in [-0.25, -0.2) is 0 Å². The number of ketones is 1. The van der Waals surface area contributed by atoms with Crippen LogP contribution in [-0.2, 0) is 12.5 Å². The van der Waals surface area contributed by atoms with Crippen LogP contribution in [0.15, 0.2) is 83.6 Å². The summed E-state index contributed by atoms with van der Waals surface area (Å²) in [4.78, 5) is 12.5. The topological polar surface area (TPSA) is 38.3 Å². The summed E-state index contributed by atoms with van der Waals surface area (Å²) in [5, 5.41) is 6.75. The molecule has 0 aliphatic rings. The minimum absolute atomic E-state index is 0.0210. The van der Waals surface area contributed by atoms with Gasteiger partial charge in [-0.2, -0.15) is 33.3 Å². The van der Waals surface area contributed by atoms with E-state index in [2.05, 4.69) is 5.32 Å². The Morgan fingerprint density at radius 3 is 2.28 bits per heavy atom. The van der Waals surface area contributed by atoms with E-state index >= 15 is 0 Å². The summed E-state index contributed by atoms with van der Waals surface area (Å²) in [7, 11) is 0. The number of halogens is 6. The number of anilines is 1. The minimum atomic E-state index is -5.67. The van der Waals surface area contributed by atoms with Gasteiger partial charge >= 0.3 is 12.1 Å². The van der Waals surface area contributed by atoms with Crippen molar-refractivity contribution >= 4 is 34.4 Å². The van der Waals surface area contributed by atoms with Gasteiger partial charge in [0.1, 0.15) is 11.5 Å². The molecule has 0 atom stereocenters. The van der Waals surface area contributed by atoms with Crippen molar-refractivity contribution in [2.75, 3.05) is 5.32 Å². The normalized spacial score (nSPS) is 11.8. The molecule has 4 aromatic rings. The number of rotatable bonds is 8. The number of carbonyl (C=O) groups is 1. The molecule has 186 valence electrons. The third-order valence-corrected chi connectivity index (χ3v) is 6.37. The summed E-state index contributed by atoms with van der Waals surface area (Å²) in [6.45, 7) is 0.0210. The maximum absolute atomic E-state index is 13.6. The Morgan fingerprint density at radius 2 is 1.61 bits per heavy atom.